The minimum atomic E-state index is -2.69. The summed E-state index contributed by atoms with van der Waals surface area (Å²) < 4.78 is 16.3. The fourth-order valence-electron chi connectivity index (χ4n) is 1.66. The molecule has 16 heavy (non-hydrogen) atoms. The van der Waals surface area contributed by atoms with Crippen molar-refractivity contribution in [2.45, 2.75) is 6.42 Å². The molecule has 0 fully saturated rings. The van der Waals surface area contributed by atoms with Gasteiger partial charge in [-0.05, 0) is 12.0 Å². The first-order valence-electron chi connectivity index (χ1n) is 5.08. The second kappa shape index (κ2) is 5.96. The van der Waals surface area contributed by atoms with Crippen molar-refractivity contribution in [1.82, 2.24) is 0 Å². The molecule has 4 heteroatoms. The van der Waals surface area contributed by atoms with E-state index in [4.69, 9.17) is 13.3 Å². The van der Waals surface area contributed by atoms with E-state index in [0.717, 1.165) is 11.6 Å². The van der Waals surface area contributed by atoms with Gasteiger partial charge in [0.25, 0.3) is 0 Å². The largest absolute Gasteiger partial charge is 0.536 e. The Hall–Kier alpha value is -0.943. The van der Waals surface area contributed by atoms with Gasteiger partial charge in [0, 0.05) is 26.5 Å². The van der Waals surface area contributed by atoms with E-state index in [1.807, 2.05) is 30.3 Å². The van der Waals surface area contributed by atoms with Crippen LogP contribution in [-0.2, 0) is 19.7 Å². The minimum Gasteiger partial charge on any atom is -0.373 e. The first kappa shape index (κ1) is 13.1. The zero-order valence-electron chi connectivity index (χ0n) is 10.0. The summed E-state index contributed by atoms with van der Waals surface area (Å²) in [5.41, 5.74) is 1.18. The lowest BCUT2D eigenvalue weighted by molar-refractivity contribution is 0.140. The standard InChI is InChI=1S/C12H18O3Si/c1-5-7-11-8-6-9-12(10-11)16(13-2,14-3)15-4/h5-6,8-10H,1,7H2,2-4H3. The van der Waals surface area contributed by atoms with E-state index in [-0.39, 0.29) is 0 Å². The third kappa shape index (κ3) is 2.59. The molecule has 0 atom stereocenters. The SMILES string of the molecule is C=CCc1cccc([Si](OC)(OC)OC)c1. The zero-order chi connectivity index (χ0) is 12.0. The molecule has 1 aromatic carbocycles. The number of rotatable bonds is 6. The maximum atomic E-state index is 5.42. The van der Waals surface area contributed by atoms with Gasteiger partial charge in [-0.1, -0.05) is 30.3 Å². The predicted octanol–water partition coefficient (Wildman–Crippen LogP) is 1.50. The molecule has 0 aliphatic rings. The van der Waals surface area contributed by atoms with Gasteiger partial charge in [0.2, 0.25) is 0 Å². The molecule has 88 valence electrons. The summed E-state index contributed by atoms with van der Waals surface area (Å²) in [5, 5.41) is 0.972. The van der Waals surface area contributed by atoms with Gasteiger partial charge < -0.3 is 13.3 Å². The van der Waals surface area contributed by atoms with E-state index in [2.05, 4.69) is 6.58 Å². The van der Waals surface area contributed by atoms with Crippen LogP contribution in [0.25, 0.3) is 0 Å². The topological polar surface area (TPSA) is 27.7 Å². The predicted molar refractivity (Wildman–Crippen MR) is 66.8 cm³/mol. The molecular weight excluding hydrogens is 220 g/mol. The normalized spacial score (nSPS) is 11.4. The molecule has 0 aliphatic heterocycles. The zero-order valence-corrected chi connectivity index (χ0v) is 11.0. The lowest BCUT2D eigenvalue weighted by atomic mass is 10.1. The van der Waals surface area contributed by atoms with Crippen molar-refractivity contribution >= 4 is 14.0 Å². The molecule has 1 aromatic rings. The second-order valence-corrected chi connectivity index (χ2v) is 6.28. The highest BCUT2D eigenvalue weighted by Crippen LogP contribution is 2.09. The molecule has 0 amide bonds. The average molecular weight is 238 g/mol. The van der Waals surface area contributed by atoms with Crippen LogP contribution >= 0.6 is 0 Å². The Balaban J connectivity index is 3.09. The summed E-state index contributed by atoms with van der Waals surface area (Å²) in [6.45, 7) is 3.73. The number of benzene rings is 1. The Morgan fingerprint density at radius 1 is 1.19 bits per heavy atom. The van der Waals surface area contributed by atoms with Crippen LogP contribution in [0.3, 0.4) is 0 Å². The summed E-state index contributed by atoms with van der Waals surface area (Å²) in [7, 11) is 2.14. The maximum Gasteiger partial charge on any atom is 0.536 e. The molecule has 0 radical (unpaired) electrons. The molecule has 0 unspecified atom stereocenters. The molecule has 0 aliphatic carbocycles. The Morgan fingerprint density at radius 2 is 1.81 bits per heavy atom. The highest BCUT2D eigenvalue weighted by atomic mass is 28.4. The highest BCUT2D eigenvalue weighted by Gasteiger charge is 2.40. The second-order valence-electron chi connectivity index (χ2n) is 3.36. The summed E-state index contributed by atoms with van der Waals surface area (Å²) >= 11 is 0. The Labute approximate surface area is 98.0 Å². The first-order chi connectivity index (χ1) is 7.72. The summed E-state index contributed by atoms with van der Waals surface area (Å²) in [6, 6.07) is 8.04. The molecule has 0 saturated carbocycles. The van der Waals surface area contributed by atoms with E-state index in [1.165, 1.54) is 5.56 Å². The van der Waals surface area contributed by atoms with E-state index >= 15 is 0 Å². The lowest BCUT2D eigenvalue weighted by Crippen LogP contribution is -2.54. The fraction of sp³-hybridized carbons (Fsp3) is 0.333. The third-order valence-corrected chi connectivity index (χ3v) is 5.10. The van der Waals surface area contributed by atoms with Crippen LogP contribution in [0, 0.1) is 0 Å². The molecule has 3 nitrogen and oxygen atoms in total. The van der Waals surface area contributed by atoms with Crippen LogP contribution in [0.5, 0.6) is 0 Å². The van der Waals surface area contributed by atoms with E-state index in [9.17, 15) is 0 Å². The van der Waals surface area contributed by atoms with Gasteiger partial charge in [0.05, 0.1) is 0 Å². The Bertz CT molecular complexity index is 340. The van der Waals surface area contributed by atoms with Crippen LogP contribution < -0.4 is 5.19 Å². The van der Waals surface area contributed by atoms with E-state index in [1.54, 1.807) is 21.3 Å². The lowest BCUT2D eigenvalue weighted by Gasteiger charge is -2.24. The highest BCUT2D eigenvalue weighted by molar-refractivity contribution is 6.75. The molecule has 0 aromatic heterocycles. The molecule has 0 N–H and O–H groups in total. The van der Waals surface area contributed by atoms with Gasteiger partial charge in [-0.2, -0.15) is 0 Å². The quantitative estimate of drug-likeness (QED) is 0.555. The minimum absolute atomic E-state index is 0.829. The molecule has 0 bridgehead atoms. The van der Waals surface area contributed by atoms with Gasteiger partial charge >= 0.3 is 8.80 Å². The van der Waals surface area contributed by atoms with Crippen molar-refractivity contribution in [3.8, 4) is 0 Å². The first-order valence-corrected chi connectivity index (χ1v) is 6.80. The van der Waals surface area contributed by atoms with Crippen LogP contribution in [0.4, 0.5) is 0 Å². The third-order valence-electron chi connectivity index (χ3n) is 2.47. The number of allylic oxidation sites excluding steroid dienone is 1. The van der Waals surface area contributed by atoms with Crippen LogP contribution in [0.15, 0.2) is 36.9 Å². The molecule has 1 rings (SSSR count). The van der Waals surface area contributed by atoms with Gasteiger partial charge in [0.15, 0.2) is 0 Å². The summed E-state index contributed by atoms with van der Waals surface area (Å²) in [6.07, 6.45) is 2.70. The van der Waals surface area contributed by atoms with Crippen LogP contribution in [-0.4, -0.2) is 30.1 Å². The van der Waals surface area contributed by atoms with E-state index in [0.29, 0.717) is 0 Å². The maximum absolute atomic E-state index is 5.42. The van der Waals surface area contributed by atoms with Crippen LogP contribution in [0.1, 0.15) is 5.56 Å². The van der Waals surface area contributed by atoms with Gasteiger partial charge in [-0.3, -0.25) is 0 Å². The van der Waals surface area contributed by atoms with Crippen molar-refractivity contribution in [1.29, 1.82) is 0 Å². The molecule has 0 heterocycles. The summed E-state index contributed by atoms with van der Waals surface area (Å²) in [4.78, 5) is 0. The van der Waals surface area contributed by atoms with Gasteiger partial charge in [-0.15, -0.1) is 6.58 Å². The van der Waals surface area contributed by atoms with E-state index < -0.39 is 8.80 Å². The van der Waals surface area contributed by atoms with Gasteiger partial charge in [-0.25, -0.2) is 0 Å². The van der Waals surface area contributed by atoms with Crippen molar-refractivity contribution in [2.75, 3.05) is 21.3 Å². The monoisotopic (exact) mass is 238 g/mol. The Morgan fingerprint density at radius 3 is 2.31 bits per heavy atom. The van der Waals surface area contributed by atoms with Crippen LogP contribution in [0.2, 0.25) is 0 Å². The van der Waals surface area contributed by atoms with Crippen molar-refractivity contribution in [3.63, 3.8) is 0 Å². The molecular formula is C12H18O3Si. The summed E-state index contributed by atoms with van der Waals surface area (Å²) in [5.74, 6) is 0. The fourth-order valence-corrected chi connectivity index (χ4v) is 3.53. The number of hydrogen-bond donors (Lipinski definition) is 0. The van der Waals surface area contributed by atoms with Gasteiger partial charge in [0.1, 0.15) is 0 Å². The molecule has 0 spiro atoms. The van der Waals surface area contributed by atoms with Crippen molar-refractivity contribution in [2.24, 2.45) is 0 Å². The van der Waals surface area contributed by atoms with Crippen molar-refractivity contribution in [3.05, 3.63) is 42.5 Å². The Kier molecular flexibility index (Phi) is 4.89. The number of hydrogen-bond acceptors (Lipinski definition) is 3. The molecule has 0 saturated heterocycles. The smallest absolute Gasteiger partial charge is 0.373 e. The average Bonchev–Trinajstić information content (AvgIpc) is 2.33. The van der Waals surface area contributed by atoms with Crippen molar-refractivity contribution < 1.29 is 13.3 Å².